The van der Waals surface area contributed by atoms with Gasteiger partial charge in [-0.2, -0.15) is 0 Å². The zero-order chi connectivity index (χ0) is 11.4. The van der Waals surface area contributed by atoms with E-state index in [1.165, 1.54) is 0 Å². The molecule has 0 radical (unpaired) electrons. The van der Waals surface area contributed by atoms with Crippen LogP contribution in [-0.4, -0.2) is 26.8 Å². The predicted octanol–water partition coefficient (Wildman–Crippen LogP) is 1.63. The number of methoxy groups -OCH3 is 1. The molecule has 1 aliphatic rings. The molecule has 3 nitrogen and oxygen atoms in total. The van der Waals surface area contributed by atoms with Gasteiger partial charge in [-0.15, -0.1) is 0 Å². The highest BCUT2D eigenvalue weighted by Crippen LogP contribution is 2.24. The maximum atomic E-state index is 14.1. The summed E-state index contributed by atoms with van der Waals surface area (Å²) < 4.78 is 24.5. The molecule has 1 aliphatic heterocycles. The Balaban J connectivity index is 2.22. The Morgan fingerprint density at radius 3 is 3.12 bits per heavy atom. The minimum atomic E-state index is -0.210. The maximum Gasteiger partial charge on any atom is 0.134 e. The first-order chi connectivity index (χ1) is 7.83. The first-order valence-corrected chi connectivity index (χ1v) is 5.41. The summed E-state index contributed by atoms with van der Waals surface area (Å²) in [6.45, 7) is 2.40. The van der Waals surface area contributed by atoms with E-state index in [1.54, 1.807) is 19.2 Å². The number of hydrogen-bond acceptors (Lipinski definition) is 3. The summed E-state index contributed by atoms with van der Waals surface area (Å²) in [6, 6.07) is 5.34. The van der Waals surface area contributed by atoms with Gasteiger partial charge in [0.25, 0.3) is 0 Å². The van der Waals surface area contributed by atoms with Crippen LogP contribution in [0.25, 0.3) is 0 Å². The molecule has 0 amide bonds. The lowest BCUT2D eigenvalue weighted by atomic mass is 10.0. The first kappa shape index (κ1) is 11.5. The van der Waals surface area contributed by atoms with Crippen molar-refractivity contribution < 1.29 is 13.9 Å². The minimum absolute atomic E-state index is 0.189. The van der Waals surface area contributed by atoms with Crippen molar-refractivity contribution in [1.29, 1.82) is 0 Å². The average molecular weight is 225 g/mol. The van der Waals surface area contributed by atoms with Crippen molar-refractivity contribution in [1.82, 2.24) is 5.32 Å². The normalized spacial score (nSPS) is 21.0. The third-order valence-corrected chi connectivity index (χ3v) is 2.68. The molecule has 2 rings (SSSR count). The fourth-order valence-electron chi connectivity index (χ4n) is 1.88. The van der Waals surface area contributed by atoms with Crippen molar-refractivity contribution in [3.8, 4) is 0 Å². The molecule has 1 aromatic carbocycles. The number of nitrogens with one attached hydrogen (secondary N) is 1. The van der Waals surface area contributed by atoms with Crippen LogP contribution in [0.15, 0.2) is 18.2 Å². The zero-order valence-electron chi connectivity index (χ0n) is 9.33. The van der Waals surface area contributed by atoms with Gasteiger partial charge in [-0.3, -0.25) is 0 Å². The molecule has 4 heteroatoms. The Bertz CT molecular complexity index is 351. The minimum Gasteiger partial charge on any atom is -0.380 e. The van der Waals surface area contributed by atoms with E-state index in [2.05, 4.69) is 5.32 Å². The smallest absolute Gasteiger partial charge is 0.134 e. The number of rotatable bonds is 3. The Morgan fingerprint density at radius 1 is 1.56 bits per heavy atom. The Kier molecular flexibility index (Phi) is 3.88. The third kappa shape index (κ3) is 2.40. The molecule has 88 valence electrons. The molecule has 1 heterocycles. The largest absolute Gasteiger partial charge is 0.380 e. The Morgan fingerprint density at radius 2 is 2.44 bits per heavy atom. The lowest BCUT2D eigenvalue weighted by Gasteiger charge is -2.24. The molecular formula is C12H16FNO2. The fourth-order valence-corrected chi connectivity index (χ4v) is 1.88. The van der Waals surface area contributed by atoms with E-state index in [-0.39, 0.29) is 11.9 Å². The van der Waals surface area contributed by atoms with Gasteiger partial charge in [0.2, 0.25) is 0 Å². The van der Waals surface area contributed by atoms with Gasteiger partial charge in [0.1, 0.15) is 5.82 Å². The monoisotopic (exact) mass is 225 g/mol. The van der Waals surface area contributed by atoms with Gasteiger partial charge < -0.3 is 14.8 Å². The summed E-state index contributed by atoms with van der Waals surface area (Å²) in [5.74, 6) is -0.210. The van der Waals surface area contributed by atoms with Crippen molar-refractivity contribution in [3.63, 3.8) is 0 Å². The quantitative estimate of drug-likeness (QED) is 0.848. The van der Waals surface area contributed by atoms with Crippen LogP contribution in [0.5, 0.6) is 0 Å². The van der Waals surface area contributed by atoms with E-state index in [0.717, 1.165) is 6.54 Å². The van der Waals surface area contributed by atoms with Crippen LogP contribution in [-0.2, 0) is 16.1 Å². The first-order valence-electron chi connectivity index (χ1n) is 5.41. The van der Waals surface area contributed by atoms with Crippen molar-refractivity contribution in [2.24, 2.45) is 0 Å². The summed E-state index contributed by atoms with van der Waals surface area (Å²) >= 11 is 0. The van der Waals surface area contributed by atoms with Gasteiger partial charge in [0.15, 0.2) is 0 Å². The number of hydrogen-bond donors (Lipinski definition) is 1. The van der Waals surface area contributed by atoms with Crippen molar-refractivity contribution in [2.45, 2.75) is 12.7 Å². The van der Waals surface area contributed by atoms with E-state index in [9.17, 15) is 4.39 Å². The summed E-state index contributed by atoms with van der Waals surface area (Å²) in [6.07, 6.45) is -0.189. The number of halogens is 1. The van der Waals surface area contributed by atoms with Crippen molar-refractivity contribution in [3.05, 3.63) is 35.1 Å². The predicted molar refractivity (Wildman–Crippen MR) is 58.7 cm³/mol. The molecule has 1 unspecified atom stereocenters. The molecule has 1 N–H and O–H groups in total. The zero-order valence-corrected chi connectivity index (χ0v) is 9.33. The summed E-state index contributed by atoms with van der Waals surface area (Å²) in [4.78, 5) is 0. The van der Waals surface area contributed by atoms with Crippen LogP contribution in [0.2, 0.25) is 0 Å². The van der Waals surface area contributed by atoms with Gasteiger partial charge in [-0.05, 0) is 0 Å². The van der Waals surface area contributed by atoms with Gasteiger partial charge in [-0.25, -0.2) is 4.39 Å². The van der Waals surface area contributed by atoms with Crippen molar-refractivity contribution >= 4 is 0 Å². The van der Waals surface area contributed by atoms with E-state index in [0.29, 0.717) is 30.9 Å². The second-order valence-corrected chi connectivity index (χ2v) is 3.82. The molecule has 0 saturated carbocycles. The molecule has 0 aliphatic carbocycles. The summed E-state index contributed by atoms with van der Waals surface area (Å²) in [5.41, 5.74) is 1.19. The second kappa shape index (κ2) is 5.39. The molecule has 1 saturated heterocycles. The summed E-state index contributed by atoms with van der Waals surface area (Å²) in [7, 11) is 1.56. The maximum absolute atomic E-state index is 14.1. The van der Waals surface area contributed by atoms with Crippen LogP contribution in [0.1, 0.15) is 17.2 Å². The van der Waals surface area contributed by atoms with Crippen LogP contribution >= 0.6 is 0 Å². The van der Waals surface area contributed by atoms with Gasteiger partial charge in [0, 0.05) is 31.3 Å². The molecule has 16 heavy (non-hydrogen) atoms. The lowest BCUT2D eigenvalue weighted by Crippen LogP contribution is -2.33. The number of morpholine rings is 1. The molecule has 1 aromatic rings. The molecule has 0 bridgehead atoms. The van der Waals surface area contributed by atoms with Crippen LogP contribution in [0.3, 0.4) is 0 Å². The van der Waals surface area contributed by atoms with E-state index in [4.69, 9.17) is 9.47 Å². The average Bonchev–Trinajstić information content (AvgIpc) is 2.33. The van der Waals surface area contributed by atoms with Crippen molar-refractivity contribution in [2.75, 3.05) is 26.8 Å². The second-order valence-electron chi connectivity index (χ2n) is 3.82. The van der Waals surface area contributed by atoms with Crippen LogP contribution < -0.4 is 5.32 Å². The van der Waals surface area contributed by atoms with Gasteiger partial charge in [-0.1, -0.05) is 18.2 Å². The van der Waals surface area contributed by atoms with E-state index in [1.807, 2.05) is 6.07 Å². The molecule has 0 spiro atoms. The Hall–Kier alpha value is -0.970. The van der Waals surface area contributed by atoms with Gasteiger partial charge in [0.05, 0.1) is 19.3 Å². The summed E-state index contributed by atoms with van der Waals surface area (Å²) in [5, 5.41) is 3.19. The van der Waals surface area contributed by atoms with Gasteiger partial charge >= 0.3 is 0 Å². The highest BCUT2D eigenvalue weighted by Gasteiger charge is 2.20. The van der Waals surface area contributed by atoms with Crippen LogP contribution in [0.4, 0.5) is 4.39 Å². The lowest BCUT2D eigenvalue weighted by molar-refractivity contribution is 0.0252. The number of ether oxygens (including phenoxy) is 2. The Labute approximate surface area is 94.6 Å². The standard InChI is InChI=1S/C12H16FNO2/c1-15-8-9-3-2-4-10(12(9)13)11-7-14-5-6-16-11/h2-4,11,14H,5-8H2,1H3. The fraction of sp³-hybridized carbons (Fsp3) is 0.500. The molecule has 1 fully saturated rings. The van der Waals surface area contributed by atoms with Crippen LogP contribution in [0, 0.1) is 5.82 Å². The molecule has 1 atom stereocenters. The highest BCUT2D eigenvalue weighted by molar-refractivity contribution is 5.28. The molecular weight excluding hydrogens is 209 g/mol. The highest BCUT2D eigenvalue weighted by atomic mass is 19.1. The molecule has 0 aromatic heterocycles. The SMILES string of the molecule is COCc1cccc(C2CNCCO2)c1F. The van der Waals surface area contributed by atoms with E-state index >= 15 is 0 Å². The third-order valence-electron chi connectivity index (χ3n) is 2.68. The van der Waals surface area contributed by atoms with E-state index < -0.39 is 0 Å². The number of benzene rings is 1. The topological polar surface area (TPSA) is 30.5 Å².